The number of hydrazone groups is 1. The van der Waals surface area contributed by atoms with Crippen molar-refractivity contribution >= 4 is 17.7 Å². The van der Waals surface area contributed by atoms with Crippen LogP contribution in [-0.4, -0.2) is 24.3 Å². The number of urea groups is 1. The molecule has 5 rings (SSSR count). The number of nitrogens with one attached hydrogen (secondary N) is 1. The number of hydrogen-bond acceptors (Lipinski definition) is 4. The molecule has 0 spiro atoms. The smallest absolute Gasteiger partial charge is 0.332 e. The fraction of sp³-hybridized carbons (Fsp3) is 0.625. The van der Waals surface area contributed by atoms with E-state index in [0.29, 0.717) is 29.8 Å². The largest absolute Gasteiger partial charge is 0.458 e. The second-order valence-corrected chi connectivity index (χ2v) is 10.2. The summed E-state index contributed by atoms with van der Waals surface area (Å²) in [5, 5.41) is 4.26. The van der Waals surface area contributed by atoms with Gasteiger partial charge in [0.2, 0.25) is 0 Å². The highest BCUT2D eigenvalue weighted by Gasteiger charge is 2.56. The minimum Gasteiger partial charge on any atom is -0.458 e. The van der Waals surface area contributed by atoms with Crippen LogP contribution in [0.5, 0.6) is 0 Å². The van der Waals surface area contributed by atoms with E-state index in [-0.39, 0.29) is 11.4 Å². The van der Waals surface area contributed by atoms with Crippen LogP contribution in [0.2, 0.25) is 0 Å². The maximum Gasteiger partial charge on any atom is 0.332 e. The van der Waals surface area contributed by atoms with Crippen LogP contribution in [0.4, 0.5) is 4.79 Å². The molecule has 0 bridgehead atoms. The van der Waals surface area contributed by atoms with E-state index >= 15 is 0 Å². The number of nitrogens with two attached hydrogens (primary N) is 1. The Kier molecular flexibility index (Phi) is 4.46. The number of cyclic esters (lactones) is 1. The Balaban J connectivity index is 1.36. The molecule has 6 nitrogen and oxygen atoms in total. The van der Waals surface area contributed by atoms with Gasteiger partial charge >= 0.3 is 12.0 Å². The maximum absolute atomic E-state index is 11.6. The minimum absolute atomic E-state index is 0.0386. The lowest BCUT2D eigenvalue weighted by atomic mass is 9.46. The Labute approximate surface area is 177 Å². The highest BCUT2D eigenvalue weighted by atomic mass is 16.5. The number of carbonyl (C=O) groups excluding carboxylic acids is 2. The maximum atomic E-state index is 11.6. The molecule has 1 heterocycles. The highest BCUT2D eigenvalue weighted by Crippen LogP contribution is 2.65. The Morgan fingerprint density at radius 2 is 2.07 bits per heavy atom. The first-order valence-corrected chi connectivity index (χ1v) is 11.2. The van der Waals surface area contributed by atoms with Crippen molar-refractivity contribution in [2.75, 3.05) is 6.61 Å². The van der Waals surface area contributed by atoms with Crippen molar-refractivity contribution < 1.29 is 14.3 Å². The topological polar surface area (TPSA) is 93.8 Å². The Morgan fingerprint density at radius 1 is 1.23 bits per heavy atom. The summed E-state index contributed by atoms with van der Waals surface area (Å²) in [6.07, 6.45) is 14.1. The lowest BCUT2D eigenvalue weighted by molar-refractivity contribution is -0.134. The van der Waals surface area contributed by atoms with E-state index in [2.05, 4.69) is 36.5 Å². The molecule has 5 aliphatic rings. The van der Waals surface area contributed by atoms with Crippen LogP contribution < -0.4 is 11.2 Å². The van der Waals surface area contributed by atoms with Crippen molar-refractivity contribution in [3.05, 3.63) is 34.9 Å². The number of amides is 2. The Hall–Kier alpha value is -2.37. The van der Waals surface area contributed by atoms with Crippen LogP contribution in [0.1, 0.15) is 58.8 Å². The van der Waals surface area contributed by atoms with Gasteiger partial charge < -0.3 is 10.5 Å². The average molecular weight is 410 g/mol. The van der Waals surface area contributed by atoms with Gasteiger partial charge in [-0.15, -0.1) is 0 Å². The third kappa shape index (κ3) is 2.87. The first-order chi connectivity index (χ1) is 14.3. The Bertz CT molecular complexity index is 930. The molecular weight excluding hydrogens is 378 g/mol. The molecule has 160 valence electrons. The van der Waals surface area contributed by atoms with Crippen LogP contribution >= 0.6 is 0 Å². The first-order valence-electron chi connectivity index (χ1n) is 11.2. The summed E-state index contributed by atoms with van der Waals surface area (Å²) in [6.45, 7) is 5.27. The summed E-state index contributed by atoms with van der Waals surface area (Å²) in [5.74, 6) is 1.70. The summed E-state index contributed by atoms with van der Waals surface area (Å²) < 4.78 is 5.20. The predicted octanol–water partition coefficient (Wildman–Crippen LogP) is 3.99. The van der Waals surface area contributed by atoms with E-state index in [1.165, 1.54) is 24.8 Å². The van der Waals surface area contributed by atoms with Gasteiger partial charge in [-0.2, -0.15) is 5.10 Å². The van der Waals surface area contributed by atoms with Crippen molar-refractivity contribution in [2.24, 2.45) is 39.4 Å². The zero-order valence-corrected chi connectivity index (χ0v) is 17.9. The second-order valence-electron chi connectivity index (χ2n) is 10.2. The van der Waals surface area contributed by atoms with Gasteiger partial charge in [0.15, 0.2) is 0 Å². The summed E-state index contributed by atoms with van der Waals surface area (Å²) >= 11 is 0. The third-order valence-corrected chi connectivity index (χ3v) is 8.87. The van der Waals surface area contributed by atoms with Gasteiger partial charge in [-0.25, -0.2) is 15.0 Å². The van der Waals surface area contributed by atoms with E-state index in [1.807, 2.05) is 0 Å². The zero-order valence-electron chi connectivity index (χ0n) is 17.9. The number of carbonyl (C=O) groups is 2. The molecule has 0 aromatic heterocycles. The van der Waals surface area contributed by atoms with Gasteiger partial charge in [0.25, 0.3) is 0 Å². The molecule has 30 heavy (non-hydrogen) atoms. The molecule has 0 aromatic rings. The highest BCUT2D eigenvalue weighted by molar-refractivity contribution is 5.87. The van der Waals surface area contributed by atoms with Gasteiger partial charge in [-0.05, 0) is 73.7 Å². The van der Waals surface area contributed by atoms with Crippen LogP contribution in [0.25, 0.3) is 0 Å². The van der Waals surface area contributed by atoms with Crippen molar-refractivity contribution in [1.82, 2.24) is 5.43 Å². The fourth-order valence-electron chi connectivity index (χ4n) is 7.28. The average Bonchev–Trinajstić information content (AvgIpc) is 3.28. The number of esters is 1. The van der Waals surface area contributed by atoms with E-state index in [1.54, 1.807) is 11.6 Å². The molecule has 3 saturated carbocycles. The predicted molar refractivity (Wildman–Crippen MR) is 114 cm³/mol. The number of nitrogens with zero attached hydrogens (tertiary/aromatic N) is 1. The number of fused-ring (bicyclic) bond motifs is 5. The second kappa shape index (κ2) is 6.82. The molecular formula is C24H31N3O3. The van der Waals surface area contributed by atoms with Crippen molar-refractivity contribution in [3.63, 3.8) is 0 Å². The quantitative estimate of drug-likeness (QED) is 0.533. The molecule has 6 heteroatoms. The van der Waals surface area contributed by atoms with Gasteiger partial charge in [-0.1, -0.05) is 31.6 Å². The van der Waals surface area contributed by atoms with Gasteiger partial charge in [-0.3, -0.25) is 0 Å². The summed E-state index contributed by atoms with van der Waals surface area (Å²) in [6, 6.07) is -0.591. The zero-order chi connectivity index (χ0) is 21.1. The summed E-state index contributed by atoms with van der Waals surface area (Å²) in [7, 11) is 0. The summed E-state index contributed by atoms with van der Waals surface area (Å²) in [5.41, 5.74) is 13.0. The third-order valence-electron chi connectivity index (χ3n) is 8.87. The molecule has 0 unspecified atom stereocenters. The van der Waals surface area contributed by atoms with Crippen LogP contribution in [0, 0.1) is 28.6 Å². The molecule has 5 atom stereocenters. The molecule has 2 amide bonds. The standard InChI is InChI=1S/C24H31N3O3/c1-23-9-7-16(26-27-22(25)29)12-15(23)3-4-17-19-6-5-18(14-11-21(28)30-13-14)24(19,2)10-8-20(17)23/h5-6,11,15,17,20H,3-4,7-10,12-13H2,1-2H3,(H3,25,27,29)/b26-16-/t15-,17+,20+,23+,24-/m1/s1. The lowest BCUT2D eigenvalue weighted by Crippen LogP contribution is -2.51. The number of ether oxygens (including phenoxy) is 1. The van der Waals surface area contributed by atoms with Crippen molar-refractivity contribution in [3.8, 4) is 0 Å². The van der Waals surface area contributed by atoms with Gasteiger partial charge in [0.05, 0.1) is 0 Å². The van der Waals surface area contributed by atoms with Gasteiger partial charge in [0, 0.05) is 22.8 Å². The van der Waals surface area contributed by atoms with Crippen molar-refractivity contribution in [2.45, 2.75) is 58.8 Å². The SMILES string of the molecule is C[C@]12CC[C@H]3[C@@H](CC[C@@H]4C/C(=N\NC(N)=O)CC[C@@]43C)C1=CC=C2C1=CC(=O)OC1. The number of allylic oxidation sites excluding steroid dienone is 3. The van der Waals surface area contributed by atoms with E-state index < -0.39 is 6.03 Å². The summed E-state index contributed by atoms with van der Waals surface area (Å²) in [4.78, 5) is 22.6. The van der Waals surface area contributed by atoms with E-state index in [9.17, 15) is 9.59 Å². The van der Waals surface area contributed by atoms with Crippen LogP contribution in [0.15, 0.2) is 40.0 Å². The van der Waals surface area contributed by atoms with Crippen molar-refractivity contribution in [1.29, 1.82) is 0 Å². The molecule has 0 aromatic carbocycles. The lowest BCUT2D eigenvalue weighted by Gasteiger charge is -2.58. The molecule has 3 N–H and O–H groups in total. The molecule has 0 radical (unpaired) electrons. The monoisotopic (exact) mass is 409 g/mol. The number of hydrogen-bond donors (Lipinski definition) is 2. The molecule has 0 saturated heterocycles. The van der Waals surface area contributed by atoms with Crippen LogP contribution in [-0.2, 0) is 9.53 Å². The Morgan fingerprint density at radius 3 is 2.80 bits per heavy atom. The number of rotatable bonds is 2. The van der Waals surface area contributed by atoms with Gasteiger partial charge in [0.1, 0.15) is 6.61 Å². The molecule has 1 aliphatic heterocycles. The number of primary amides is 1. The minimum atomic E-state index is -0.591. The van der Waals surface area contributed by atoms with Crippen LogP contribution in [0.3, 0.4) is 0 Å². The first kappa shape index (κ1) is 19.6. The normalized spacial score (nSPS) is 41.1. The molecule has 3 fully saturated rings. The van der Waals surface area contributed by atoms with E-state index in [4.69, 9.17) is 10.5 Å². The molecule has 4 aliphatic carbocycles. The fourth-order valence-corrected chi connectivity index (χ4v) is 7.28. The van der Waals surface area contributed by atoms with E-state index in [0.717, 1.165) is 37.0 Å².